The molecule has 0 spiro atoms. The van der Waals surface area contributed by atoms with Crippen LogP contribution in [-0.2, 0) is 10.5 Å². The number of carbonyl (C=O) groups excluding carboxylic acids is 2. The number of carbonyl (C=O) groups is 2. The Morgan fingerprint density at radius 2 is 1.70 bits per heavy atom. The van der Waals surface area contributed by atoms with Gasteiger partial charge in [0.05, 0.1) is 20.0 Å². The minimum atomic E-state index is -0.598. The molecule has 0 atom stereocenters. The van der Waals surface area contributed by atoms with Crippen molar-refractivity contribution in [1.82, 2.24) is 10.9 Å². The molecule has 0 aromatic heterocycles. The number of ether oxygens (including phenoxy) is 2. The fourth-order valence-corrected chi connectivity index (χ4v) is 2.87. The van der Waals surface area contributed by atoms with Crippen LogP contribution in [0.15, 0.2) is 42.5 Å². The zero-order chi connectivity index (χ0) is 19.6. The molecule has 0 saturated heterocycles. The number of rotatable bonds is 7. The molecule has 2 aromatic rings. The summed E-state index contributed by atoms with van der Waals surface area (Å²) in [6, 6.07) is 10.4. The Labute approximate surface area is 160 Å². The van der Waals surface area contributed by atoms with Gasteiger partial charge in [-0.2, -0.15) is 0 Å². The van der Waals surface area contributed by atoms with E-state index in [0.717, 1.165) is 5.56 Å². The number of anilines is 1. The van der Waals surface area contributed by atoms with Crippen molar-refractivity contribution in [3.8, 4) is 11.5 Å². The molecule has 0 bridgehead atoms. The van der Waals surface area contributed by atoms with Crippen LogP contribution in [0.5, 0.6) is 11.5 Å². The van der Waals surface area contributed by atoms with Crippen LogP contribution < -0.4 is 25.6 Å². The summed E-state index contributed by atoms with van der Waals surface area (Å²) in [5.41, 5.74) is 5.97. The van der Waals surface area contributed by atoms with Crippen molar-refractivity contribution < 1.29 is 23.5 Å². The summed E-state index contributed by atoms with van der Waals surface area (Å²) < 4.78 is 23.1. The lowest BCUT2D eigenvalue weighted by Crippen LogP contribution is -2.44. The standard InChI is InChI=1S/C18H20FN3O4S/c1-25-15-8-7-14(9-16(15)26-2)20-18(24)22-21-17(23)11-27-10-12-3-5-13(19)6-4-12/h3-9H,10-11H2,1-2H3,(H,21,23)(H2,20,22,24). The number of nitrogens with one attached hydrogen (secondary N) is 3. The Balaban J connectivity index is 1.71. The highest BCUT2D eigenvalue weighted by molar-refractivity contribution is 7.99. The number of urea groups is 1. The third-order valence-electron chi connectivity index (χ3n) is 3.37. The summed E-state index contributed by atoms with van der Waals surface area (Å²) in [4.78, 5) is 23.6. The summed E-state index contributed by atoms with van der Waals surface area (Å²) in [7, 11) is 3.01. The van der Waals surface area contributed by atoms with Gasteiger partial charge in [0.1, 0.15) is 5.82 Å². The normalized spacial score (nSPS) is 10.0. The second-order valence-corrected chi connectivity index (χ2v) is 6.30. The quantitative estimate of drug-likeness (QED) is 0.630. The Morgan fingerprint density at radius 1 is 1.00 bits per heavy atom. The fourth-order valence-electron chi connectivity index (χ4n) is 2.08. The van der Waals surface area contributed by atoms with E-state index in [1.165, 1.54) is 38.1 Å². The van der Waals surface area contributed by atoms with Crippen LogP contribution in [0.3, 0.4) is 0 Å². The molecule has 2 rings (SSSR count). The second kappa shape index (κ2) is 10.3. The molecule has 0 unspecified atom stereocenters. The van der Waals surface area contributed by atoms with E-state index in [1.54, 1.807) is 30.3 Å². The van der Waals surface area contributed by atoms with Crippen LogP contribution in [0.2, 0.25) is 0 Å². The highest BCUT2D eigenvalue weighted by atomic mass is 32.2. The molecule has 0 aliphatic carbocycles. The zero-order valence-electron chi connectivity index (χ0n) is 14.9. The van der Waals surface area contributed by atoms with Gasteiger partial charge >= 0.3 is 6.03 Å². The molecule has 0 radical (unpaired) electrons. The largest absolute Gasteiger partial charge is 0.493 e. The van der Waals surface area contributed by atoms with E-state index in [0.29, 0.717) is 22.9 Å². The van der Waals surface area contributed by atoms with Crippen LogP contribution in [0, 0.1) is 5.82 Å². The van der Waals surface area contributed by atoms with Gasteiger partial charge in [-0.15, -0.1) is 11.8 Å². The molecule has 0 fully saturated rings. The Morgan fingerprint density at radius 3 is 2.37 bits per heavy atom. The third-order valence-corrected chi connectivity index (χ3v) is 4.38. The zero-order valence-corrected chi connectivity index (χ0v) is 15.7. The van der Waals surface area contributed by atoms with Crippen LogP contribution >= 0.6 is 11.8 Å². The number of hydrazine groups is 1. The average molecular weight is 393 g/mol. The topological polar surface area (TPSA) is 88.7 Å². The van der Waals surface area contributed by atoms with Crippen molar-refractivity contribution in [3.63, 3.8) is 0 Å². The predicted octanol–water partition coefficient (Wildman–Crippen LogP) is 2.93. The molecule has 144 valence electrons. The first-order valence-corrected chi connectivity index (χ1v) is 9.07. The van der Waals surface area contributed by atoms with Crippen LogP contribution in [0.1, 0.15) is 5.56 Å². The van der Waals surface area contributed by atoms with Crippen molar-refractivity contribution in [2.75, 3.05) is 25.3 Å². The van der Waals surface area contributed by atoms with Gasteiger partial charge in [0.25, 0.3) is 0 Å². The molecule has 27 heavy (non-hydrogen) atoms. The van der Waals surface area contributed by atoms with E-state index in [1.807, 2.05) is 0 Å². The summed E-state index contributed by atoms with van der Waals surface area (Å²) in [5.74, 6) is 1.06. The minimum Gasteiger partial charge on any atom is -0.493 e. The smallest absolute Gasteiger partial charge is 0.337 e. The summed E-state index contributed by atoms with van der Waals surface area (Å²) in [6.07, 6.45) is 0. The molecule has 3 N–H and O–H groups in total. The van der Waals surface area contributed by atoms with Crippen LogP contribution in [0.25, 0.3) is 0 Å². The highest BCUT2D eigenvalue weighted by Crippen LogP contribution is 2.29. The number of hydrogen-bond acceptors (Lipinski definition) is 5. The monoisotopic (exact) mass is 393 g/mol. The third kappa shape index (κ3) is 6.70. The van der Waals surface area contributed by atoms with E-state index in [4.69, 9.17) is 9.47 Å². The molecular weight excluding hydrogens is 373 g/mol. The maximum absolute atomic E-state index is 12.8. The van der Waals surface area contributed by atoms with E-state index in [2.05, 4.69) is 16.2 Å². The van der Waals surface area contributed by atoms with Gasteiger partial charge in [0, 0.05) is 17.5 Å². The van der Waals surface area contributed by atoms with E-state index >= 15 is 0 Å². The Hall–Kier alpha value is -2.94. The SMILES string of the molecule is COc1ccc(NC(=O)NNC(=O)CSCc2ccc(F)cc2)cc1OC. The number of benzene rings is 2. The molecule has 2 aromatic carbocycles. The molecule has 0 saturated carbocycles. The molecule has 3 amide bonds. The van der Waals surface area contributed by atoms with Gasteiger partial charge < -0.3 is 14.8 Å². The van der Waals surface area contributed by atoms with Gasteiger partial charge in [-0.3, -0.25) is 10.2 Å². The fraction of sp³-hybridized carbons (Fsp3) is 0.222. The van der Waals surface area contributed by atoms with E-state index < -0.39 is 6.03 Å². The van der Waals surface area contributed by atoms with Gasteiger partial charge in [-0.05, 0) is 29.8 Å². The minimum absolute atomic E-state index is 0.147. The molecule has 9 heteroatoms. The van der Waals surface area contributed by atoms with Gasteiger partial charge in [0.15, 0.2) is 11.5 Å². The Kier molecular flexibility index (Phi) is 7.75. The van der Waals surface area contributed by atoms with Crippen LogP contribution in [0.4, 0.5) is 14.9 Å². The van der Waals surface area contributed by atoms with Crippen molar-refractivity contribution in [3.05, 3.63) is 53.8 Å². The van der Waals surface area contributed by atoms with Gasteiger partial charge in [-0.1, -0.05) is 12.1 Å². The Bertz CT molecular complexity index is 787. The van der Waals surface area contributed by atoms with Crippen LogP contribution in [-0.4, -0.2) is 31.9 Å². The van der Waals surface area contributed by atoms with E-state index in [-0.39, 0.29) is 17.5 Å². The molecule has 0 aliphatic rings. The van der Waals surface area contributed by atoms with Gasteiger partial charge in [0.2, 0.25) is 5.91 Å². The van der Waals surface area contributed by atoms with Crippen molar-refractivity contribution in [2.24, 2.45) is 0 Å². The lowest BCUT2D eigenvalue weighted by Gasteiger charge is -2.11. The lowest BCUT2D eigenvalue weighted by atomic mass is 10.2. The molecular formula is C18H20FN3O4S. The number of halogens is 1. The number of methoxy groups -OCH3 is 2. The first-order valence-electron chi connectivity index (χ1n) is 7.92. The summed E-state index contributed by atoms with van der Waals surface area (Å²) in [6.45, 7) is 0. The summed E-state index contributed by atoms with van der Waals surface area (Å²) in [5, 5.41) is 2.57. The molecule has 0 aliphatic heterocycles. The van der Waals surface area contributed by atoms with Crippen molar-refractivity contribution in [1.29, 1.82) is 0 Å². The predicted molar refractivity (Wildman–Crippen MR) is 102 cm³/mol. The van der Waals surface area contributed by atoms with E-state index in [9.17, 15) is 14.0 Å². The van der Waals surface area contributed by atoms with Crippen molar-refractivity contribution >= 4 is 29.4 Å². The average Bonchev–Trinajstić information content (AvgIpc) is 2.67. The number of amides is 3. The summed E-state index contributed by atoms with van der Waals surface area (Å²) >= 11 is 1.35. The second-order valence-electron chi connectivity index (χ2n) is 5.32. The first kappa shape index (κ1) is 20.4. The maximum atomic E-state index is 12.8. The highest BCUT2D eigenvalue weighted by Gasteiger charge is 2.08. The first-order chi connectivity index (χ1) is 13.0. The lowest BCUT2D eigenvalue weighted by molar-refractivity contribution is -0.119. The van der Waals surface area contributed by atoms with Crippen molar-refractivity contribution in [2.45, 2.75) is 5.75 Å². The van der Waals surface area contributed by atoms with Gasteiger partial charge in [-0.25, -0.2) is 14.6 Å². The maximum Gasteiger partial charge on any atom is 0.337 e. The number of hydrogen-bond donors (Lipinski definition) is 3. The number of thioether (sulfide) groups is 1. The molecule has 7 nitrogen and oxygen atoms in total. The molecule has 0 heterocycles.